The maximum Gasteiger partial charge on any atom is 0.405 e. The molecule has 2 aromatic rings. The van der Waals surface area contributed by atoms with Gasteiger partial charge >= 0.3 is 6.18 Å². The zero-order valence-electron chi connectivity index (χ0n) is 13.4. The molecule has 130 valence electrons. The van der Waals surface area contributed by atoms with Gasteiger partial charge in [-0.05, 0) is 32.4 Å². The summed E-state index contributed by atoms with van der Waals surface area (Å²) in [6.45, 7) is 3.89. The molecule has 24 heavy (non-hydrogen) atoms. The quantitative estimate of drug-likeness (QED) is 0.835. The average Bonchev–Trinajstić information content (AvgIpc) is 2.85. The molecule has 0 aliphatic rings. The first-order valence-electron chi connectivity index (χ1n) is 7.18. The topological polar surface area (TPSA) is 59.8 Å². The molecule has 0 unspecified atom stereocenters. The van der Waals surface area contributed by atoms with E-state index in [0.717, 1.165) is 23.0 Å². The molecule has 0 saturated heterocycles. The van der Waals surface area contributed by atoms with Crippen LogP contribution in [0, 0.1) is 13.8 Å². The molecule has 1 heterocycles. The highest BCUT2D eigenvalue weighted by molar-refractivity contribution is 8.00. The fourth-order valence-corrected chi connectivity index (χ4v) is 2.98. The number of halogens is 3. The van der Waals surface area contributed by atoms with Gasteiger partial charge in [-0.1, -0.05) is 30.0 Å². The van der Waals surface area contributed by atoms with Gasteiger partial charge in [0.05, 0.1) is 10.9 Å². The lowest BCUT2D eigenvalue weighted by molar-refractivity contribution is -0.137. The van der Waals surface area contributed by atoms with E-state index >= 15 is 0 Å². The van der Waals surface area contributed by atoms with Crippen LogP contribution in [0.1, 0.15) is 18.3 Å². The molecular weight excluding hydrogens is 341 g/mol. The fourth-order valence-electron chi connectivity index (χ4n) is 2.05. The maximum atomic E-state index is 12.2. The maximum absolute atomic E-state index is 12.2. The van der Waals surface area contributed by atoms with Crippen LogP contribution >= 0.6 is 11.8 Å². The molecule has 5 nitrogen and oxygen atoms in total. The minimum absolute atomic E-state index is 0.455. The minimum atomic E-state index is -4.43. The van der Waals surface area contributed by atoms with Gasteiger partial charge in [-0.25, -0.2) is 0 Å². The van der Waals surface area contributed by atoms with E-state index in [9.17, 15) is 18.0 Å². The number of carbonyl (C=O) groups excluding carboxylic acids is 1. The number of aryl methyl sites for hydroxylation is 2. The summed E-state index contributed by atoms with van der Waals surface area (Å²) in [5.41, 5.74) is 1.86. The highest BCUT2D eigenvalue weighted by Gasteiger charge is 2.29. The number of carbonyl (C=O) groups is 1. The molecule has 1 aromatic heterocycles. The SMILES string of the molecule is Cc1ccccc1-n1c(C)nnc1S[C@H](C)C(=O)NCC(F)(F)F. The van der Waals surface area contributed by atoms with E-state index in [1.165, 1.54) is 6.92 Å². The van der Waals surface area contributed by atoms with Crippen LogP contribution in [0.15, 0.2) is 29.4 Å². The van der Waals surface area contributed by atoms with E-state index < -0.39 is 23.9 Å². The highest BCUT2D eigenvalue weighted by atomic mass is 32.2. The Balaban J connectivity index is 2.17. The third-order valence-corrected chi connectivity index (χ3v) is 4.31. The third-order valence-electron chi connectivity index (χ3n) is 3.27. The standard InChI is InChI=1S/C15H17F3N4OS/c1-9-6-4-5-7-12(9)22-11(3)20-21-14(22)24-10(2)13(23)19-8-15(16,17)18/h4-7,10H,8H2,1-3H3,(H,19,23)/t10-/m1/s1. The molecule has 1 atom stereocenters. The van der Waals surface area contributed by atoms with E-state index in [2.05, 4.69) is 10.2 Å². The Bertz CT molecular complexity index is 730. The van der Waals surface area contributed by atoms with E-state index in [-0.39, 0.29) is 0 Å². The number of hydrogen-bond donors (Lipinski definition) is 1. The zero-order chi connectivity index (χ0) is 17.9. The van der Waals surface area contributed by atoms with Crippen molar-refractivity contribution in [1.29, 1.82) is 0 Å². The number of rotatable bonds is 5. The second-order valence-corrected chi connectivity index (χ2v) is 6.55. The van der Waals surface area contributed by atoms with Crippen LogP contribution in [0.5, 0.6) is 0 Å². The molecule has 0 fully saturated rings. The molecule has 0 radical (unpaired) electrons. The van der Waals surface area contributed by atoms with Crippen LogP contribution in [0.25, 0.3) is 5.69 Å². The highest BCUT2D eigenvalue weighted by Crippen LogP contribution is 2.27. The van der Waals surface area contributed by atoms with E-state index in [4.69, 9.17) is 0 Å². The van der Waals surface area contributed by atoms with Gasteiger partial charge in [0, 0.05) is 0 Å². The van der Waals surface area contributed by atoms with E-state index in [0.29, 0.717) is 11.0 Å². The summed E-state index contributed by atoms with van der Waals surface area (Å²) in [7, 11) is 0. The Kier molecular flexibility index (Phi) is 5.53. The number of alkyl halides is 3. The molecule has 1 amide bonds. The predicted octanol–water partition coefficient (Wildman–Crippen LogP) is 3.04. The van der Waals surface area contributed by atoms with Gasteiger partial charge in [-0.3, -0.25) is 9.36 Å². The van der Waals surface area contributed by atoms with Gasteiger partial charge in [-0.2, -0.15) is 13.2 Å². The van der Waals surface area contributed by atoms with Gasteiger partial charge in [0.2, 0.25) is 5.91 Å². The van der Waals surface area contributed by atoms with Crippen LogP contribution < -0.4 is 5.32 Å². The van der Waals surface area contributed by atoms with Crippen molar-refractivity contribution in [3.05, 3.63) is 35.7 Å². The van der Waals surface area contributed by atoms with Gasteiger partial charge in [-0.15, -0.1) is 10.2 Å². The lowest BCUT2D eigenvalue weighted by Gasteiger charge is -2.15. The predicted molar refractivity (Wildman–Crippen MR) is 85.2 cm³/mol. The van der Waals surface area contributed by atoms with Crippen molar-refractivity contribution in [2.24, 2.45) is 0 Å². The van der Waals surface area contributed by atoms with Crippen LogP contribution in [0.3, 0.4) is 0 Å². The summed E-state index contributed by atoms with van der Waals surface area (Å²) in [6, 6.07) is 7.60. The summed E-state index contributed by atoms with van der Waals surface area (Å²) in [4.78, 5) is 11.8. The van der Waals surface area contributed by atoms with Gasteiger partial charge in [0.15, 0.2) is 5.16 Å². The number of nitrogens with one attached hydrogen (secondary N) is 1. The largest absolute Gasteiger partial charge is 0.405 e. The normalized spacial score (nSPS) is 12.9. The smallest absolute Gasteiger partial charge is 0.346 e. The Morgan fingerprint density at radius 1 is 1.29 bits per heavy atom. The number of nitrogens with zero attached hydrogens (tertiary/aromatic N) is 3. The summed E-state index contributed by atoms with van der Waals surface area (Å²) in [6.07, 6.45) is -4.43. The van der Waals surface area contributed by atoms with E-state index in [1.807, 2.05) is 36.5 Å². The monoisotopic (exact) mass is 358 g/mol. The average molecular weight is 358 g/mol. The zero-order valence-corrected chi connectivity index (χ0v) is 14.2. The van der Waals surface area contributed by atoms with Crippen molar-refractivity contribution >= 4 is 17.7 Å². The van der Waals surface area contributed by atoms with Crippen molar-refractivity contribution in [1.82, 2.24) is 20.1 Å². The summed E-state index contributed by atoms with van der Waals surface area (Å²) in [5.74, 6) is -0.0657. The molecule has 0 bridgehead atoms. The number of amides is 1. The number of aromatic nitrogens is 3. The molecule has 0 saturated carbocycles. The van der Waals surface area contributed by atoms with Crippen LogP contribution in [-0.4, -0.2) is 38.6 Å². The molecule has 1 N–H and O–H groups in total. The molecule has 9 heteroatoms. The lowest BCUT2D eigenvalue weighted by atomic mass is 10.2. The number of benzene rings is 1. The van der Waals surface area contributed by atoms with E-state index in [1.54, 1.807) is 11.5 Å². The first-order chi connectivity index (χ1) is 11.2. The van der Waals surface area contributed by atoms with Crippen molar-refractivity contribution in [2.75, 3.05) is 6.54 Å². The summed E-state index contributed by atoms with van der Waals surface area (Å²) < 4.78 is 38.4. The Labute approximate surface area is 141 Å². The van der Waals surface area contributed by atoms with Gasteiger partial charge < -0.3 is 5.32 Å². The Hall–Kier alpha value is -2.03. The Morgan fingerprint density at radius 2 is 1.96 bits per heavy atom. The molecule has 0 spiro atoms. The van der Waals surface area contributed by atoms with Crippen molar-refractivity contribution < 1.29 is 18.0 Å². The van der Waals surface area contributed by atoms with Crippen molar-refractivity contribution in [3.63, 3.8) is 0 Å². The second-order valence-electron chi connectivity index (χ2n) is 5.24. The van der Waals surface area contributed by atoms with Crippen LogP contribution in [0.2, 0.25) is 0 Å². The second kappa shape index (κ2) is 7.25. The number of para-hydroxylation sites is 1. The van der Waals surface area contributed by atoms with Crippen LogP contribution in [-0.2, 0) is 4.79 Å². The first kappa shape index (κ1) is 18.3. The summed E-state index contributed by atoms with van der Waals surface area (Å²) in [5, 5.41) is 9.65. The van der Waals surface area contributed by atoms with Gasteiger partial charge in [0.25, 0.3) is 0 Å². The fraction of sp³-hybridized carbons (Fsp3) is 0.400. The lowest BCUT2D eigenvalue weighted by Crippen LogP contribution is -2.38. The van der Waals surface area contributed by atoms with Crippen molar-refractivity contribution in [2.45, 2.75) is 37.4 Å². The molecule has 1 aromatic carbocycles. The summed E-state index contributed by atoms with van der Waals surface area (Å²) >= 11 is 1.06. The molecule has 0 aliphatic carbocycles. The van der Waals surface area contributed by atoms with Crippen LogP contribution in [0.4, 0.5) is 13.2 Å². The third kappa shape index (κ3) is 4.50. The molecule has 0 aliphatic heterocycles. The van der Waals surface area contributed by atoms with Gasteiger partial charge in [0.1, 0.15) is 12.4 Å². The molecule has 2 rings (SSSR count). The number of hydrogen-bond acceptors (Lipinski definition) is 4. The number of thioether (sulfide) groups is 1. The van der Waals surface area contributed by atoms with Crippen molar-refractivity contribution in [3.8, 4) is 5.69 Å². The Morgan fingerprint density at radius 3 is 2.58 bits per heavy atom. The molecular formula is C15H17F3N4OS. The minimum Gasteiger partial charge on any atom is -0.346 e. The first-order valence-corrected chi connectivity index (χ1v) is 8.06.